The van der Waals surface area contributed by atoms with Crippen molar-refractivity contribution in [3.8, 4) is 17.2 Å². The fraction of sp³-hybridized carbons (Fsp3) is 0.179. The Labute approximate surface area is 236 Å². The molecule has 0 saturated carbocycles. The number of nitrogens with zero attached hydrogens (tertiary/aromatic N) is 1. The number of halogens is 2. The second-order valence-corrected chi connectivity index (χ2v) is 10.0. The Balaban J connectivity index is 1.59. The highest BCUT2D eigenvalue weighted by atomic mass is 79.9. The Kier molecular flexibility index (Phi) is 8.85. The first kappa shape index (κ1) is 27.4. The van der Waals surface area contributed by atoms with Gasteiger partial charge in [-0.2, -0.15) is 0 Å². The number of amides is 4. The first-order valence-electron chi connectivity index (χ1n) is 11.7. The highest BCUT2D eigenvalue weighted by Crippen LogP contribution is 2.38. The molecule has 0 unspecified atom stereocenters. The molecule has 1 fully saturated rings. The summed E-state index contributed by atoms with van der Waals surface area (Å²) in [5, 5.41) is 2.23. The number of carbonyl (C=O) groups is 3. The van der Waals surface area contributed by atoms with Crippen LogP contribution in [0.25, 0.3) is 6.08 Å². The molecule has 196 valence electrons. The van der Waals surface area contributed by atoms with E-state index in [-0.39, 0.29) is 5.57 Å². The van der Waals surface area contributed by atoms with Gasteiger partial charge in [-0.1, -0.05) is 35.0 Å². The van der Waals surface area contributed by atoms with Crippen molar-refractivity contribution >= 4 is 61.5 Å². The van der Waals surface area contributed by atoms with Crippen LogP contribution in [0.2, 0.25) is 0 Å². The van der Waals surface area contributed by atoms with E-state index in [0.29, 0.717) is 46.2 Å². The highest BCUT2D eigenvalue weighted by molar-refractivity contribution is 9.10. The lowest BCUT2D eigenvalue weighted by atomic mass is 10.1. The summed E-state index contributed by atoms with van der Waals surface area (Å²) in [6.45, 7) is 2.86. The van der Waals surface area contributed by atoms with E-state index in [9.17, 15) is 14.4 Å². The van der Waals surface area contributed by atoms with Gasteiger partial charge in [0.25, 0.3) is 11.8 Å². The molecule has 0 aromatic heterocycles. The van der Waals surface area contributed by atoms with Crippen LogP contribution in [-0.4, -0.2) is 31.6 Å². The second-order valence-electron chi connectivity index (χ2n) is 8.25. The van der Waals surface area contributed by atoms with E-state index in [1.54, 1.807) is 36.4 Å². The summed E-state index contributed by atoms with van der Waals surface area (Å²) in [7, 11) is 1.50. The van der Waals surface area contributed by atoms with Crippen molar-refractivity contribution < 1.29 is 28.6 Å². The number of anilines is 1. The molecular weight excluding hydrogens is 620 g/mol. The van der Waals surface area contributed by atoms with Gasteiger partial charge in [0.2, 0.25) is 0 Å². The molecule has 1 aliphatic heterocycles. The third-order valence-corrected chi connectivity index (χ3v) is 6.65. The minimum Gasteiger partial charge on any atom is -0.494 e. The van der Waals surface area contributed by atoms with Crippen LogP contribution >= 0.6 is 31.9 Å². The maximum Gasteiger partial charge on any atom is 0.335 e. The topological polar surface area (TPSA) is 94.2 Å². The Bertz CT molecular complexity index is 1390. The maximum atomic E-state index is 13.3. The number of rotatable bonds is 9. The summed E-state index contributed by atoms with van der Waals surface area (Å²) < 4.78 is 18.6. The molecule has 4 rings (SSSR count). The van der Waals surface area contributed by atoms with Crippen molar-refractivity contribution in [2.45, 2.75) is 20.0 Å². The third kappa shape index (κ3) is 6.25. The van der Waals surface area contributed by atoms with E-state index in [1.165, 1.54) is 13.2 Å². The molecule has 8 nitrogen and oxygen atoms in total. The van der Waals surface area contributed by atoms with E-state index >= 15 is 0 Å². The molecule has 38 heavy (non-hydrogen) atoms. The minimum absolute atomic E-state index is 0.201. The number of nitrogens with one attached hydrogen (secondary N) is 1. The molecule has 0 atom stereocenters. The van der Waals surface area contributed by atoms with Crippen LogP contribution < -0.4 is 24.4 Å². The van der Waals surface area contributed by atoms with Gasteiger partial charge in [0.15, 0.2) is 11.5 Å². The molecule has 4 amide bonds. The van der Waals surface area contributed by atoms with Gasteiger partial charge >= 0.3 is 6.03 Å². The average Bonchev–Trinajstić information content (AvgIpc) is 2.90. The smallest absolute Gasteiger partial charge is 0.335 e. The van der Waals surface area contributed by atoms with Crippen LogP contribution in [0.15, 0.2) is 75.2 Å². The molecular formula is C28H24Br2N2O6. The monoisotopic (exact) mass is 642 g/mol. The lowest BCUT2D eigenvalue weighted by Crippen LogP contribution is -2.54. The zero-order chi connectivity index (χ0) is 27.2. The van der Waals surface area contributed by atoms with Crippen LogP contribution in [0.4, 0.5) is 10.5 Å². The number of imide groups is 2. The lowest BCUT2D eigenvalue weighted by molar-refractivity contribution is -0.122. The summed E-state index contributed by atoms with van der Waals surface area (Å²) in [6.07, 6.45) is 2.26. The van der Waals surface area contributed by atoms with Gasteiger partial charge in [0.1, 0.15) is 17.9 Å². The summed E-state index contributed by atoms with van der Waals surface area (Å²) in [5.41, 5.74) is 1.58. The SMILES string of the molecule is CCCOc1ccc(N2C(=O)NC(=O)/C(=C/c3cc(Br)c(OCc4ccc(Br)cc4)c(OC)c3)C2=O)cc1. The number of hydrogen-bond acceptors (Lipinski definition) is 6. The van der Waals surface area contributed by atoms with E-state index in [1.807, 2.05) is 31.2 Å². The van der Waals surface area contributed by atoms with E-state index in [2.05, 4.69) is 37.2 Å². The Morgan fingerprint density at radius 2 is 1.66 bits per heavy atom. The standard InChI is InChI=1S/C28H24Br2N2O6/c1-3-12-37-21-10-8-20(9-11-21)32-27(34)22(26(33)31-28(32)35)13-18-14-23(30)25(24(15-18)36-2)38-16-17-4-6-19(29)7-5-17/h4-11,13-15H,3,12,16H2,1-2H3,(H,31,33,35)/b22-13-. The zero-order valence-corrected chi connectivity index (χ0v) is 23.8. The molecule has 3 aromatic rings. The van der Waals surface area contributed by atoms with Gasteiger partial charge in [-0.05, 0) is 88.1 Å². The summed E-state index contributed by atoms with van der Waals surface area (Å²) in [6, 6.07) is 16.8. The number of benzene rings is 3. The van der Waals surface area contributed by atoms with Gasteiger partial charge < -0.3 is 14.2 Å². The largest absolute Gasteiger partial charge is 0.494 e. The van der Waals surface area contributed by atoms with Crippen molar-refractivity contribution in [1.82, 2.24) is 5.32 Å². The minimum atomic E-state index is -0.824. The molecule has 0 spiro atoms. The Hall–Kier alpha value is -3.63. The molecule has 10 heteroatoms. The van der Waals surface area contributed by atoms with Gasteiger partial charge in [-0.15, -0.1) is 0 Å². The van der Waals surface area contributed by atoms with Crippen LogP contribution in [0.1, 0.15) is 24.5 Å². The van der Waals surface area contributed by atoms with Crippen molar-refractivity contribution in [3.63, 3.8) is 0 Å². The first-order valence-corrected chi connectivity index (χ1v) is 13.3. The number of urea groups is 1. The fourth-order valence-electron chi connectivity index (χ4n) is 3.67. The van der Waals surface area contributed by atoms with E-state index in [0.717, 1.165) is 21.4 Å². The van der Waals surface area contributed by atoms with Crippen molar-refractivity contribution in [1.29, 1.82) is 0 Å². The predicted molar refractivity (Wildman–Crippen MR) is 150 cm³/mol. The number of methoxy groups -OCH3 is 1. The van der Waals surface area contributed by atoms with Crippen LogP contribution in [0.5, 0.6) is 17.2 Å². The lowest BCUT2D eigenvalue weighted by Gasteiger charge is -2.26. The van der Waals surface area contributed by atoms with Crippen LogP contribution in [0.3, 0.4) is 0 Å². The molecule has 1 N–H and O–H groups in total. The molecule has 3 aromatic carbocycles. The first-order chi connectivity index (χ1) is 18.3. The van der Waals surface area contributed by atoms with E-state index < -0.39 is 17.8 Å². The van der Waals surface area contributed by atoms with Gasteiger partial charge in [0, 0.05) is 4.47 Å². The molecule has 1 saturated heterocycles. The number of carbonyl (C=O) groups excluding carboxylic acids is 3. The van der Waals surface area contributed by atoms with Crippen molar-refractivity contribution in [2.75, 3.05) is 18.6 Å². The second kappa shape index (κ2) is 12.3. The fourth-order valence-corrected chi connectivity index (χ4v) is 4.51. The average molecular weight is 644 g/mol. The van der Waals surface area contributed by atoms with Crippen molar-refractivity contribution in [2.24, 2.45) is 0 Å². The summed E-state index contributed by atoms with van der Waals surface area (Å²) in [4.78, 5) is 39.4. The van der Waals surface area contributed by atoms with Crippen molar-refractivity contribution in [3.05, 3.63) is 86.3 Å². The zero-order valence-electron chi connectivity index (χ0n) is 20.6. The molecule has 1 aliphatic rings. The molecule has 0 radical (unpaired) electrons. The quantitative estimate of drug-likeness (QED) is 0.219. The van der Waals surface area contributed by atoms with Crippen LogP contribution in [0, 0.1) is 0 Å². The summed E-state index contributed by atoms with van der Waals surface area (Å²) >= 11 is 6.91. The number of ether oxygens (including phenoxy) is 3. The normalized spacial score (nSPS) is 14.5. The maximum absolute atomic E-state index is 13.3. The molecule has 1 heterocycles. The molecule has 0 bridgehead atoms. The van der Waals surface area contributed by atoms with Gasteiger partial charge in [-0.25, -0.2) is 9.69 Å². The van der Waals surface area contributed by atoms with Gasteiger partial charge in [-0.3, -0.25) is 14.9 Å². The molecule has 0 aliphatic carbocycles. The summed E-state index contributed by atoms with van der Waals surface area (Å²) in [5.74, 6) is -0.0371. The Morgan fingerprint density at radius 3 is 2.32 bits per heavy atom. The number of barbiturate groups is 1. The number of hydrogen-bond donors (Lipinski definition) is 1. The highest BCUT2D eigenvalue weighted by Gasteiger charge is 2.37. The van der Waals surface area contributed by atoms with E-state index in [4.69, 9.17) is 14.2 Å². The Morgan fingerprint density at radius 1 is 0.947 bits per heavy atom. The predicted octanol–water partition coefficient (Wildman–Crippen LogP) is 6.25. The third-order valence-electron chi connectivity index (χ3n) is 5.53. The van der Waals surface area contributed by atoms with Gasteiger partial charge in [0.05, 0.1) is 23.9 Å². The van der Waals surface area contributed by atoms with Crippen LogP contribution in [-0.2, 0) is 16.2 Å².